The summed E-state index contributed by atoms with van der Waals surface area (Å²) in [6.07, 6.45) is 1.14. The van der Waals surface area contributed by atoms with Crippen LogP contribution in [-0.2, 0) is 0 Å². The molecule has 0 aromatic heterocycles. The average Bonchev–Trinajstić information content (AvgIpc) is 3.07. The van der Waals surface area contributed by atoms with Crippen LogP contribution in [0.4, 0.5) is 0 Å². The predicted molar refractivity (Wildman–Crippen MR) is 123 cm³/mol. The van der Waals surface area contributed by atoms with Crippen LogP contribution >= 0.6 is 15.9 Å². The molecule has 1 aliphatic carbocycles. The lowest BCUT2D eigenvalue weighted by molar-refractivity contribution is 0.797. The van der Waals surface area contributed by atoms with Crippen molar-refractivity contribution in [3.63, 3.8) is 0 Å². The van der Waals surface area contributed by atoms with Gasteiger partial charge in [0.15, 0.2) is 0 Å². The molecule has 4 aromatic rings. The Labute approximate surface area is 175 Å². The van der Waals surface area contributed by atoms with Crippen LogP contribution in [0.3, 0.4) is 0 Å². The fourth-order valence-corrected chi connectivity index (χ4v) is 4.71. The van der Waals surface area contributed by atoms with E-state index in [9.17, 15) is 0 Å². The minimum absolute atomic E-state index is 0.523. The first-order valence-corrected chi connectivity index (χ1v) is 10.6. The van der Waals surface area contributed by atoms with Gasteiger partial charge in [-0.15, -0.1) is 0 Å². The maximum Gasteiger partial charge on any atom is 0.0175 e. The van der Waals surface area contributed by atoms with E-state index in [4.69, 9.17) is 0 Å². The number of hydrogen-bond donors (Lipinski definition) is 0. The molecule has 1 heteroatoms. The summed E-state index contributed by atoms with van der Waals surface area (Å²) < 4.78 is 1.11. The number of hydrogen-bond acceptors (Lipinski definition) is 0. The fraction of sp³-hybridized carbons (Fsp3) is 0.111. The molecule has 0 radical (unpaired) electrons. The minimum Gasteiger partial charge on any atom is -0.0645 e. The van der Waals surface area contributed by atoms with Crippen molar-refractivity contribution in [2.24, 2.45) is 0 Å². The van der Waals surface area contributed by atoms with Crippen molar-refractivity contribution in [3.8, 4) is 33.4 Å². The van der Waals surface area contributed by atoms with Gasteiger partial charge in [-0.1, -0.05) is 89.6 Å². The molecule has 5 rings (SSSR count). The number of benzene rings is 4. The summed E-state index contributed by atoms with van der Waals surface area (Å²) in [6.45, 7) is 2.28. The summed E-state index contributed by atoms with van der Waals surface area (Å²) in [6, 6.07) is 33.2. The van der Waals surface area contributed by atoms with Gasteiger partial charge in [0.2, 0.25) is 0 Å². The van der Waals surface area contributed by atoms with E-state index >= 15 is 0 Å². The van der Waals surface area contributed by atoms with Crippen LogP contribution in [0, 0.1) is 0 Å². The SMILES string of the molecule is CCC1c2ccccc2-c2cc(-c3cccc(-c4ccc(Br)cc4)c3)ccc21. The Balaban J connectivity index is 1.59. The lowest BCUT2D eigenvalue weighted by Crippen LogP contribution is -1.93. The zero-order valence-electron chi connectivity index (χ0n) is 15.8. The van der Waals surface area contributed by atoms with E-state index in [1.807, 2.05) is 0 Å². The van der Waals surface area contributed by atoms with Crippen molar-refractivity contribution in [3.05, 3.63) is 107 Å². The van der Waals surface area contributed by atoms with Crippen molar-refractivity contribution in [2.45, 2.75) is 19.3 Å². The van der Waals surface area contributed by atoms with Gasteiger partial charge >= 0.3 is 0 Å². The number of fused-ring (bicyclic) bond motifs is 3. The third kappa shape index (κ3) is 2.91. The molecule has 0 amide bonds. The second-order valence-electron chi connectivity index (χ2n) is 7.44. The van der Waals surface area contributed by atoms with Crippen LogP contribution in [0.1, 0.15) is 30.4 Å². The quantitative estimate of drug-likeness (QED) is 0.310. The highest BCUT2D eigenvalue weighted by atomic mass is 79.9. The monoisotopic (exact) mass is 424 g/mol. The van der Waals surface area contributed by atoms with Crippen LogP contribution in [0.2, 0.25) is 0 Å². The average molecular weight is 425 g/mol. The molecule has 4 aromatic carbocycles. The largest absolute Gasteiger partial charge is 0.0645 e. The van der Waals surface area contributed by atoms with Gasteiger partial charge in [0.05, 0.1) is 0 Å². The molecule has 0 fully saturated rings. The molecule has 0 nitrogen and oxygen atoms in total. The molecular weight excluding hydrogens is 404 g/mol. The van der Waals surface area contributed by atoms with Gasteiger partial charge in [-0.2, -0.15) is 0 Å². The van der Waals surface area contributed by atoms with Crippen LogP contribution in [0.25, 0.3) is 33.4 Å². The van der Waals surface area contributed by atoms with Crippen molar-refractivity contribution >= 4 is 15.9 Å². The lowest BCUT2D eigenvalue weighted by Gasteiger charge is -2.11. The Hall–Kier alpha value is -2.64. The molecule has 0 heterocycles. The Morgan fingerprint density at radius 3 is 2.04 bits per heavy atom. The van der Waals surface area contributed by atoms with E-state index in [1.165, 1.54) is 44.5 Å². The Bertz CT molecular complexity index is 1160. The molecule has 0 N–H and O–H groups in total. The van der Waals surface area contributed by atoms with E-state index < -0.39 is 0 Å². The maximum absolute atomic E-state index is 3.52. The van der Waals surface area contributed by atoms with Crippen LogP contribution in [0.5, 0.6) is 0 Å². The maximum atomic E-state index is 3.52. The summed E-state index contributed by atoms with van der Waals surface area (Å²) in [4.78, 5) is 0. The second-order valence-corrected chi connectivity index (χ2v) is 8.35. The van der Waals surface area contributed by atoms with Crippen molar-refractivity contribution in [2.75, 3.05) is 0 Å². The van der Waals surface area contributed by atoms with Crippen LogP contribution < -0.4 is 0 Å². The van der Waals surface area contributed by atoms with Gasteiger partial charge in [-0.3, -0.25) is 0 Å². The molecule has 0 saturated heterocycles. The predicted octanol–water partition coefficient (Wildman–Crippen LogP) is 8.31. The molecule has 136 valence electrons. The number of rotatable bonds is 3. The molecule has 1 unspecified atom stereocenters. The lowest BCUT2D eigenvalue weighted by atomic mass is 9.92. The zero-order valence-corrected chi connectivity index (χ0v) is 17.4. The summed E-state index contributed by atoms with van der Waals surface area (Å²) in [5, 5.41) is 0. The van der Waals surface area contributed by atoms with Crippen molar-refractivity contribution in [1.29, 1.82) is 0 Å². The van der Waals surface area contributed by atoms with Crippen molar-refractivity contribution < 1.29 is 0 Å². The van der Waals surface area contributed by atoms with Crippen LogP contribution in [-0.4, -0.2) is 0 Å². The van der Waals surface area contributed by atoms with Gasteiger partial charge in [0.25, 0.3) is 0 Å². The van der Waals surface area contributed by atoms with E-state index in [2.05, 4.69) is 114 Å². The smallest absolute Gasteiger partial charge is 0.0175 e. The first-order chi connectivity index (χ1) is 13.7. The molecule has 28 heavy (non-hydrogen) atoms. The standard InChI is InChI=1S/C27H21Br/c1-2-23-24-8-3-4-9-25(24)27-17-21(12-15-26(23)27)20-7-5-6-19(16-20)18-10-13-22(28)14-11-18/h3-17,23H,2H2,1H3. The topological polar surface area (TPSA) is 0 Å². The summed E-state index contributed by atoms with van der Waals surface area (Å²) in [5.41, 5.74) is 10.8. The normalized spacial score (nSPS) is 14.6. The van der Waals surface area contributed by atoms with Gasteiger partial charge < -0.3 is 0 Å². The van der Waals surface area contributed by atoms with Gasteiger partial charge in [-0.25, -0.2) is 0 Å². The summed E-state index contributed by atoms with van der Waals surface area (Å²) >= 11 is 3.52. The van der Waals surface area contributed by atoms with Gasteiger partial charge in [-0.05, 0) is 75.2 Å². The number of halogens is 1. The molecule has 0 aliphatic heterocycles. The summed E-state index contributed by atoms with van der Waals surface area (Å²) in [7, 11) is 0. The highest BCUT2D eigenvalue weighted by Gasteiger charge is 2.27. The minimum atomic E-state index is 0.523. The fourth-order valence-electron chi connectivity index (χ4n) is 4.45. The van der Waals surface area contributed by atoms with Gasteiger partial charge in [0, 0.05) is 10.4 Å². The van der Waals surface area contributed by atoms with E-state index in [0.717, 1.165) is 10.9 Å². The van der Waals surface area contributed by atoms with Crippen LogP contribution in [0.15, 0.2) is 95.5 Å². The first kappa shape index (κ1) is 17.5. The van der Waals surface area contributed by atoms with E-state index in [0.29, 0.717) is 5.92 Å². The van der Waals surface area contributed by atoms with E-state index in [1.54, 1.807) is 0 Å². The molecule has 0 bridgehead atoms. The highest BCUT2D eigenvalue weighted by Crippen LogP contribution is 2.47. The molecule has 1 aliphatic rings. The van der Waals surface area contributed by atoms with Crippen molar-refractivity contribution in [1.82, 2.24) is 0 Å². The van der Waals surface area contributed by atoms with E-state index in [-0.39, 0.29) is 0 Å². The first-order valence-electron chi connectivity index (χ1n) is 9.84. The second kappa shape index (κ2) is 7.07. The summed E-state index contributed by atoms with van der Waals surface area (Å²) in [5.74, 6) is 0.523. The Kier molecular flexibility index (Phi) is 4.41. The molecule has 0 spiro atoms. The third-order valence-corrected chi connectivity index (χ3v) is 6.37. The Morgan fingerprint density at radius 1 is 0.607 bits per heavy atom. The molecule has 1 atom stereocenters. The Morgan fingerprint density at radius 2 is 1.25 bits per heavy atom. The van der Waals surface area contributed by atoms with Gasteiger partial charge in [0.1, 0.15) is 0 Å². The highest BCUT2D eigenvalue weighted by molar-refractivity contribution is 9.10. The zero-order chi connectivity index (χ0) is 19.1. The molecular formula is C27H21Br. The molecule has 0 saturated carbocycles. The third-order valence-electron chi connectivity index (χ3n) is 5.84.